The molecule has 6 nitrogen and oxygen atoms in total. The van der Waals surface area contributed by atoms with Crippen LogP contribution in [0.3, 0.4) is 0 Å². The molecule has 2 N–H and O–H groups in total. The summed E-state index contributed by atoms with van der Waals surface area (Å²) in [6.07, 6.45) is 3.56. The normalized spacial score (nSPS) is 19.1. The van der Waals surface area contributed by atoms with Crippen molar-refractivity contribution in [2.45, 2.75) is 31.3 Å². The molecule has 0 spiro atoms. The fraction of sp³-hybridized carbons (Fsp3) is 0.400. The first-order valence-electron chi connectivity index (χ1n) is 7.21. The van der Waals surface area contributed by atoms with Gasteiger partial charge in [-0.25, -0.2) is 0 Å². The highest BCUT2D eigenvalue weighted by atomic mass is 16.2. The summed E-state index contributed by atoms with van der Waals surface area (Å²) in [5.41, 5.74) is 7.21. The van der Waals surface area contributed by atoms with Gasteiger partial charge in [0.15, 0.2) is 5.82 Å². The molecule has 0 saturated heterocycles. The van der Waals surface area contributed by atoms with Crippen molar-refractivity contribution >= 4 is 11.6 Å². The Bertz CT molecular complexity index is 686. The molecule has 1 aromatic heterocycles. The van der Waals surface area contributed by atoms with Crippen LogP contribution in [-0.4, -0.2) is 32.1 Å². The summed E-state index contributed by atoms with van der Waals surface area (Å²) >= 11 is 0. The SMILES string of the molecule is Nc1ccc(C2(C(=O)N3CCn4cnnc4C3)CC2)cc1. The molecular weight excluding hydrogens is 266 g/mol. The number of nitrogens with zero attached hydrogens (tertiary/aromatic N) is 4. The molecule has 0 radical (unpaired) electrons. The first kappa shape index (κ1) is 12.4. The van der Waals surface area contributed by atoms with E-state index in [1.165, 1.54) is 0 Å². The smallest absolute Gasteiger partial charge is 0.233 e. The summed E-state index contributed by atoms with van der Waals surface area (Å²) in [5.74, 6) is 1.07. The molecule has 6 heteroatoms. The lowest BCUT2D eigenvalue weighted by molar-refractivity contribution is -0.135. The van der Waals surface area contributed by atoms with Gasteiger partial charge in [-0.1, -0.05) is 12.1 Å². The third-order valence-corrected chi connectivity index (χ3v) is 4.55. The van der Waals surface area contributed by atoms with Crippen LogP contribution in [-0.2, 0) is 23.3 Å². The van der Waals surface area contributed by atoms with E-state index in [0.717, 1.165) is 43.0 Å². The fourth-order valence-electron chi connectivity index (χ4n) is 3.10. The number of hydrogen-bond acceptors (Lipinski definition) is 4. The number of fused-ring (bicyclic) bond motifs is 1. The maximum absolute atomic E-state index is 12.9. The average Bonchev–Trinajstić information content (AvgIpc) is 3.18. The molecule has 1 amide bonds. The van der Waals surface area contributed by atoms with E-state index in [-0.39, 0.29) is 11.3 Å². The van der Waals surface area contributed by atoms with E-state index < -0.39 is 0 Å². The van der Waals surface area contributed by atoms with Crippen molar-refractivity contribution in [1.29, 1.82) is 0 Å². The molecule has 0 bridgehead atoms. The highest BCUT2D eigenvalue weighted by molar-refractivity contribution is 5.91. The highest BCUT2D eigenvalue weighted by Crippen LogP contribution is 2.50. The van der Waals surface area contributed by atoms with E-state index in [1.54, 1.807) is 6.33 Å². The topological polar surface area (TPSA) is 77.0 Å². The number of nitrogen functional groups attached to an aromatic ring is 1. The summed E-state index contributed by atoms with van der Waals surface area (Å²) in [5, 5.41) is 7.98. The molecular formula is C15H17N5O. The van der Waals surface area contributed by atoms with Crippen LogP contribution in [0.4, 0.5) is 5.69 Å². The number of rotatable bonds is 2. The molecule has 2 aliphatic rings. The zero-order valence-electron chi connectivity index (χ0n) is 11.7. The average molecular weight is 283 g/mol. The van der Waals surface area contributed by atoms with Crippen molar-refractivity contribution in [2.24, 2.45) is 0 Å². The van der Waals surface area contributed by atoms with Crippen LogP contribution in [0.15, 0.2) is 30.6 Å². The number of hydrogen-bond donors (Lipinski definition) is 1. The lowest BCUT2D eigenvalue weighted by atomic mass is 9.94. The summed E-state index contributed by atoms with van der Waals surface area (Å²) in [4.78, 5) is 14.8. The van der Waals surface area contributed by atoms with E-state index in [4.69, 9.17) is 5.73 Å². The number of anilines is 1. The molecule has 108 valence electrons. The van der Waals surface area contributed by atoms with Gasteiger partial charge >= 0.3 is 0 Å². The zero-order valence-corrected chi connectivity index (χ0v) is 11.7. The molecule has 1 aliphatic carbocycles. The van der Waals surface area contributed by atoms with Crippen molar-refractivity contribution in [1.82, 2.24) is 19.7 Å². The lowest BCUT2D eigenvalue weighted by Crippen LogP contribution is -2.43. The van der Waals surface area contributed by atoms with Crippen molar-refractivity contribution in [2.75, 3.05) is 12.3 Å². The van der Waals surface area contributed by atoms with Gasteiger partial charge in [-0.05, 0) is 30.5 Å². The molecule has 0 unspecified atom stereocenters. The predicted molar refractivity (Wildman–Crippen MR) is 77.2 cm³/mol. The molecule has 2 aromatic rings. The summed E-state index contributed by atoms with van der Waals surface area (Å²) in [6, 6.07) is 7.70. The fourth-order valence-corrected chi connectivity index (χ4v) is 3.10. The summed E-state index contributed by atoms with van der Waals surface area (Å²) in [6.45, 7) is 2.04. The highest BCUT2D eigenvalue weighted by Gasteiger charge is 2.53. The quantitative estimate of drug-likeness (QED) is 0.832. The second-order valence-corrected chi connectivity index (χ2v) is 5.87. The van der Waals surface area contributed by atoms with Gasteiger partial charge < -0.3 is 15.2 Å². The van der Waals surface area contributed by atoms with Crippen LogP contribution in [0.2, 0.25) is 0 Å². The van der Waals surface area contributed by atoms with E-state index in [0.29, 0.717) is 6.54 Å². The Morgan fingerprint density at radius 3 is 2.67 bits per heavy atom. The number of amides is 1. The number of benzene rings is 1. The molecule has 1 aliphatic heterocycles. The van der Waals surface area contributed by atoms with Gasteiger partial charge in [0, 0.05) is 18.8 Å². The number of nitrogens with two attached hydrogens (primary N) is 1. The predicted octanol–water partition coefficient (Wildman–Crippen LogP) is 0.934. The Morgan fingerprint density at radius 1 is 1.19 bits per heavy atom. The maximum Gasteiger partial charge on any atom is 0.233 e. The number of carbonyl (C=O) groups excluding carboxylic acids is 1. The minimum Gasteiger partial charge on any atom is -0.399 e. The van der Waals surface area contributed by atoms with Crippen LogP contribution in [0.5, 0.6) is 0 Å². The van der Waals surface area contributed by atoms with Gasteiger partial charge in [0.05, 0.1) is 12.0 Å². The minimum atomic E-state index is -0.337. The van der Waals surface area contributed by atoms with Crippen molar-refractivity contribution < 1.29 is 4.79 Å². The first-order valence-corrected chi connectivity index (χ1v) is 7.21. The van der Waals surface area contributed by atoms with E-state index in [1.807, 2.05) is 33.7 Å². The molecule has 1 fully saturated rings. The Balaban J connectivity index is 1.59. The number of carbonyl (C=O) groups is 1. The van der Waals surface area contributed by atoms with Gasteiger partial charge in [0.2, 0.25) is 5.91 Å². The van der Waals surface area contributed by atoms with Crippen molar-refractivity contribution in [3.63, 3.8) is 0 Å². The minimum absolute atomic E-state index is 0.210. The summed E-state index contributed by atoms with van der Waals surface area (Å²) in [7, 11) is 0. The Labute approximate surface area is 122 Å². The van der Waals surface area contributed by atoms with Gasteiger partial charge in [-0.3, -0.25) is 4.79 Å². The third kappa shape index (κ3) is 1.90. The van der Waals surface area contributed by atoms with Crippen molar-refractivity contribution in [3.8, 4) is 0 Å². The van der Waals surface area contributed by atoms with Gasteiger partial charge in [0.25, 0.3) is 0 Å². The molecule has 2 heterocycles. The Kier molecular flexibility index (Phi) is 2.54. The standard InChI is InChI=1S/C15H17N5O/c16-12-3-1-11(2-4-12)15(5-6-15)14(21)19-7-8-20-10-17-18-13(20)9-19/h1-4,10H,5-9,16H2. The van der Waals surface area contributed by atoms with E-state index >= 15 is 0 Å². The van der Waals surface area contributed by atoms with Crippen LogP contribution >= 0.6 is 0 Å². The van der Waals surface area contributed by atoms with Crippen LogP contribution in [0, 0.1) is 0 Å². The van der Waals surface area contributed by atoms with Crippen LogP contribution in [0.25, 0.3) is 0 Å². The molecule has 21 heavy (non-hydrogen) atoms. The first-order chi connectivity index (χ1) is 10.2. The molecule has 4 rings (SSSR count). The number of aromatic nitrogens is 3. The largest absolute Gasteiger partial charge is 0.399 e. The van der Waals surface area contributed by atoms with Crippen molar-refractivity contribution in [3.05, 3.63) is 42.0 Å². The van der Waals surface area contributed by atoms with Gasteiger partial charge in [-0.15, -0.1) is 10.2 Å². The molecule has 0 atom stereocenters. The Hall–Kier alpha value is -2.37. The third-order valence-electron chi connectivity index (χ3n) is 4.55. The summed E-state index contributed by atoms with van der Waals surface area (Å²) < 4.78 is 2.01. The lowest BCUT2D eigenvalue weighted by Gasteiger charge is -2.30. The van der Waals surface area contributed by atoms with E-state index in [9.17, 15) is 4.79 Å². The molecule has 1 aromatic carbocycles. The Morgan fingerprint density at radius 2 is 1.95 bits per heavy atom. The molecule has 1 saturated carbocycles. The zero-order chi connectivity index (χ0) is 14.4. The van der Waals surface area contributed by atoms with Crippen LogP contribution < -0.4 is 5.73 Å². The van der Waals surface area contributed by atoms with Crippen LogP contribution in [0.1, 0.15) is 24.2 Å². The monoisotopic (exact) mass is 283 g/mol. The van der Waals surface area contributed by atoms with Gasteiger partial charge in [-0.2, -0.15) is 0 Å². The van der Waals surface area contributed by atoms with E-state index in [2.05, 4.69) is 10.2 Å². The van der Waals surface area contributed by atoms with Gasteiger partial charge in [0.1, 0.15) is 6.33 Å². The second-order valence-electron chi connectivity index (χ2n) is 5.87. The maximum atomic E-state index is 12.9. The second kappa shape index (κ2) is 4.31.